The molecule has 1 aromatic rings. The Labute approximate surface area is 187 Å². The summed E-state index contributed by atoms with van der Waals surface area (Å²) in [5.74, 6) is 2.52. The van der Waals surface area contributed by atoms with Crippen molar-refractivity contribution in [2.45, 2.75) is 95.8 Å². The van der Waals surface area contributed by atoms with Gasteiger partial charge < -0.3 is 14.6 Å². The van der Waals surface area contributed by atoms with Crippen molar-refractivity contribution in [2.75, 3.05) is 31.1 Å². The molecule has 2 bridgehead atoms. The molecule has 4 heterocycles. The molecule has 2 atom stereocenters. The second-order valence-corrected chi connectivity index (χ2v) is 10.9. The van der Waals surface area contributed by atoms with Crippen LogP contribution in [0.2, 0.25) is 0 Å². The normalized spacial score (nSPS) is 32.5. The minimum Gasteiger partial charge on any atom is -0.332 e. The van der Waals surface area contributed by atoms with Crippen LogP contribution in [0, 0.1) is 5.92 Å². The smallest absolute Gasteiger partial charge is 0.225 e. The van der Waals surface area contributed by atoms with Crippen molar-refractivity contribution in [1.82, 2.24) is 19.8 Å². The van der Waals surface area contributed by atoms with Crippen molar-refractivity contribution in [2.24, 2.45) is 5.92 Å². The van der Waals surface area contributed by atoms with Crippen LogP contribution >= 0.6 is 0 Å². The van der Waals surface area contributed by atoms with Crippen LogP contribution in [0.5, 0.6) is 0 Å². The first kappa shape index (κ1) is 21.3. The molecule has 4 aliphatic rings. The fourth-order valence-corrected chi connectivity index (χ4v) is 6.53. The summed E-state index contributed by atoms with van der Waals surface area (Å²) in [5.41, 5.74) is 1.32. The summed E-state index contributed by atoms with van der Waals surface area (Å²) in [4.78, 5) is 28.8. The van der Waals surface area contributed by atoms with Crippen molar-refractivity contribution in [3.05, 3.63) is 18.0 Å². The van der Waals surface area contributed by atoms with E-state index < -0.39 is 0 Å². The number of nitrogens with zero attached hydrogens (tertiary/aromatic N) is 5. The largest absolute Gasteiger partial charge is 0.332 e. The third-order valence-electron chi connectivity index (χ3n) is 8.43. The Kier molecular flexibility index (Phi) is 6.04. The highest BCUT2D eigenvalue weighted by Gasteiger charge is 2.42. The van der Waals surface area contributed by atoms with E-state index in [1.807, 2.05) is 0 Å². The Hall–Kier alpha value is -1.53. The van der Waals surface area contributed by atoms with Crippen molar-refractivity contribution in [3.63, 3.8) is 0 Å². The molecule has 4 fully saturated rings. The van der Waals surface area contributed by atoms with Crippen molar-refractivity contribution in [1.29, 1.82) is 0 Å². The monoisotopic (exact) mass is 425 g/mol. The average Bonchev–Trinajstić information content (AvgIpc) is 2.99. The molecule has 6 heteroatoms. The highest BCUT2D eigenvalue weighted by molar-refractivity contribution is 5.75. The maximum atomic E-state index is 11.3. The number of rotatable bonds is 6. The van der Waals surface area contributed by atoms with Crippen LogP contribution < -0.4 is 4.90 Å². The SMILES string of the molecule is CC(=O)CC1CC(N2CCC(c3cnc(N4C5CCC4CN(C(C)C)C5)nc3)CC2)C1. The lowest BCUT2D eigenvalue weighted by molar-refractivity contribution is -0.119. The van der Waals surface area contributed by atoms with Crippen LogP contribution in [-0.2, 0) is 4.79 Å². The third-order valence-corrected chi connectivity index (χ3v) is 8.43. The molecule has 3 aliphatic heterocycles. The lowest BCUT2D eigenvalue weighted by Gasteiger charge is -2.45. The van der Waals surface area contributed by atoms with Crippen LogP contribution in [0.1, 0.15) is 77.2 Å². The fraction of sp³-hybridized carbons (Fsp3) is 0.800. The Balaban J connectivity index is 1.14. The van der Waals surface area contributed by atoms with Gasteiger partial charge in [-0.3, -0.25) is 4.90 Å². The van der Waals surface area contributed by atoms with E-state index in [9.17, 15) is 4.79 Å². The number of hydrogen-bond donors (Lipinski definition) is 0. The lowest BCUT2D eigenvalue weighted by atomic mass is 9.75. The van der Waals surface area contributed by atoms with Gasteiger partial charge in [0.2, 0.25) is 5.95 Å². The third kappa shape index (κ3) is 4.38. The Bertz CT molecular complexity index is 753. The van der Waals surface area contributed by atoms with E-state index in [0.29, 0.717) is 41.8 Å². The van der Waals surface area contributed by atoms with Gasteiger partial charge in [0, 0.05) is 56.1 Å². The summed E-state index contributed by atoms with van der Waals surface area (Å²) in [6, 6.07) is 2.48. The minimum absolute atomic E-state index is 0.348. The molecule has 0 amide bonds. The molecule has 1 aromatic heterocycles. The number of piperazine rings is 1. The molecule has 0 spiro atoms. The number of fused-ring (bicyclic) bond motifs is 2. The predicted molar refractivity (Wildman–Crippen MR) is 123 cm³/mol. The molecule has 3 saturated heterocycles. The van der Waals surface area contributed by atoms with Gasteiger partial charge in [-0.05, 0) is 89.8 Å². The number of carbonyl (C=O) groups excluding carboxylic acids is 1. The second kappa shape index (κ2) is 8.78. The molecular formula is C25H39N5O. The van der Waals surface area contributed by atoms with E-state index in [-0.39, 0.29) is 0 Å². The van der Waals surface area contributed by atoms with Crippen LogP contribution in [0.4, 0.5) is 5.95 Å². The predicted octanol–water partition coefficient (Wildman–Crippen LogP) is 3.48. The van der Waals surface area contributed by atoms with Gasteiger partial charge in [-0.15, -0.1) is 0 Å². The molecular weight excluding hydrogens is 386 g/mol. The number of ketones is 1. The molecule has 0 radical (unpaired) electrons. The Morgan fingerprint density at radius 3 is 2.16 bits per heavy atom. The highest BCUT2D eigenvalue weighted by Crippen LogP contribution is 2.38. The molecule has 5 rings (SSSR count). The summed E-state index contributed by atoms with van der Waals surface area (Å²) in [6.07, 6.45) is 12.4. The van der Waals surface area contributed by atoms with Gasteiger partial charge >= 0.3 is 0 Å². The van der Waals surface area contributed by atoms with E-state index in [1.54, 1.807) is 6.92 Å². The number of anilines is 1. The van der Waals surface area contributed by atoms with Crippen molar-refractivity contribution < 1.29 is 4.79 Å². The van der Waals surface area contributed by atoms with Crippen molar-refractivity contribution >= 4 is 11.7 Å². The van der Waals surface area contributed by atoms with Gasteiger partial charge in [0.15, 0.2) is 0 Å². The second-order valence-electron chi connectivity index (χ2n) is 10.9. The summed E-state index contributed by atoms with van der Waals surface area (Å²) >= 11 is 0. The number of piperidine rings is 1. The molecule has 0 N–H and O–H groups in total. The number of Topliss-reactive ketones (excluding diaryl/α,β-unsaturated/α-hetero) is 1. The lowest BCUT2D eigenvalue weighted by Crippen LogP contribution is -2.56. The van der Waals surface area contributed by atoms with Gasteiger partial charge in [-0.2, -0.15) is 0 Å². The fourth-order valence-electron chi connectivity index (χ4n) is 6.53. The minimum atomic E-state index is 0.348. The molecule has 6 nitrogen and oxygen atoms in total. The Morgan fingerprint density at radius 2 is 1.61 bits per heavy atom. The Morgan fingerprint density at radius 1 is 1.00 bits per heavy atom. The van der Waals surface area contributed by atoms with Gasteiger partial charge in [0.05, 0.1) is 0 Å². The number of hydrogen-bond acceptors (Lipinski definition) is 6. The maximum Gasteiger partial charge on any atom is 0.225 e. The van der Waals surface area contributed by atoms with Gasteiger partial charge in [0.1, 0.15) is 5.78 Å². The van der Waals surface area contributed by atoms with E-state index >= 15 is 0 Å². The van der Waals surface area contributed by atoms with E-state index in [4.69, 9.17) is 9.97 Å². The number of aromatic nitrogens is 2. The summed E-state index contributed by atoms with van der Waals surface area (Å²) in [7, 11) is 0. The quantitative estimate of drug-likeness (QED) is 0.696. The first-order valence-electron chi connectivity index (χ1n) is 12.6. The van der Waals surface area contributed by atoms with Crippen molar-refractivity contribution in [3.8, 4) is 0 Å². The summed E-state index contributed by atoms with van der Waals surface area (Å²) < 4.78 is 0. The van der Waals surface area contributed by atoms with Crippen LogP contribution in [0.3, 0.4) is 0 Å². The molecule has 31 heavy (non-hydrogen) atoms. The van der Waals surface area contributed by atoms with Crippen LogP contribution in [0.15, 0.2) is 12.4 Å². The molecule has 170 valence electrons. The van der Waals surface area contributed by atoms with Gasteiger partial charge in [-0.1, -0.05) is 0 Å². The molecule has 1 aliphatic carbocycles. The van der Waals surface area contributed by atoms with E-state index in [1.165, 1.54) is 57.2 Å². The number of carbonyl (C=O) groups is 1. The zero-order chi connectivity index (χ0) is 21.5. The standard InChI is InChI=1S/C25H39N5O/c1-17(2)29-15-22-4-5-23(16-29)30(22)25-26-13-21(14-27-25)20-6-8-28(9-7-20)24-11-19(12-24)10-18(3)31/h13-14,17,19-20,22-24H,4-12,15-16H2,1-3H3. The first-order valence-corrected chi connectivity index (χ1v) is 12.6. The zero-order valence-electron chi connectivity index (χ0n) is 19.5. The maximum absolute atomic E-state index is 11.3. The molecule has 1 saturated carbocycles. The van der Waals surface area contributed by atoms with Crippen LogP contribution in [-0.4, -0.2) is 75.9 Å². The number of likely N-dealkylation sites (tertiary alicyclic amines) is 2. The van der Waals surface area contributed by atoms with E-state index in [2.05, 4.69) is 40.9 Å². The van der Waals surface area contributed by atoms with Gasteiger partial charge in [0.25, 0.3) is 0 Å². The highest BCUT2D eigenvalue weighted by atomic mass is 16.1. The average molecular weight is 426 g/mol. The summed E-state index contributed by atoms with van der Waals surface area (Å²) in [5, 5.41) is 0. The van der Waals surface area contributed by atoms with E-state index in [0.717, 1.165) is 25.5 Å². The first-order chi connectivity index (χ1) is 15.0. The van der Waals surface area contributed by atoms with Crippen LogP contribution in [0.25, 0.3) is 0 Å². The summed E-state index contributed by atoms with van der Waals surface area (Å²) in [6.45, 7) is 11.0. The topological polar surface area (TPSA) is 52.6 Å². The van der Waals surface area contributed by atoms with Gasteiger partial charge in [-0.25, -0.2) is 9.97 Å². The molecule has 2 unspecified atom stereocenters. The zero-order valence-corrected chi connectivity index (χ0v) is 19.5. The molecule has 0 aromatic carbocycles.